The van der Waals surface area contributed by atoms with Crippen molar-refractivity contribution in [2.24, 2.45) is 5.41 Å². The minimum Gasteiger partial charge on any atom is -0.375 e. The lowest BCUT2D eigenvalue weighted by Crippen LogP contribution is -2.24. The predicted molar refractivity (Wildman–Crippen MR) is 87.9 cm³/mol. The van der Waals surface area contributed by atoms with E-state index in [4.69, 9.17) is 11.6 Å². The lowest BCUT2D eigenvalue weighted by molar-refractivity contribution is 0.337. The summed E-state index contributed by atoms with van der Waals surface area (Å²) >= 11 is 6.19. The van der Waals surface area contributed by atoms with Gasteiger partial charge in [0, 0.05) is 17.3 Å². The summed E-state index contributed by atoms with van der Waals surface area (Å²) in [7, 11) is 0. The van der Waals surface area contributed by atoms with Crippen LogP contribution in [0.5, 0.6) is 0 Å². The van der Waals surface area contributed by atoms with Crippen LogP contribution in [-0.4, -0.2) is 9.78 Å². The molecule has 0 bridgehead atoms. The van der Waals surface area contributed by atoms with Crippen LogP contribution >= 0.6 is 11.6 Å². The van der Waals surface area contributed by atoms with E-state index in [2.05, 4.69) is 56.4 Å². The molecular formula is C17H22ClN3. The van der Waals surface area contributed by atoms with Gasteiger partial charge in [0.25, 0.3) is 0 Å². The van der Waals surface area contributed by atoms with Gasteiger partial charge in [-0.05, 0) is 48.9 Å². The normalized spacial score (nSPS) is 19.8. The fraction of sp³-hybridized carbons (Fsp3) is 0.471. The van der Waals surface area contributed by atoms with Crippen molar-refractivity contribution in [1.29, 1.82) is 0 Å². The van der Waals surface area contributed by atoms with E-state index in [0.717, 1.165) is 17.1 Å². The van der Waals surface area contributed by atoms with Crippen molar-refractivity contribution in [3.05, 3.63) is 46.7 Å². The molecular weight excluding hydrogens is 282 g/mol. The van der Waals surface area contributed by atoms with Crippen molar-refractivity contribution in [3.63, 3.8) is 0 Å². The maximum absolute atomic E-state index is 6.19. The van der Waals surface area contributed by atoms with E-state index in [1.807, 2.05) is 16.9 Å². The van der Waals surface area contributed by atoms with Crippen molar-refractivity contribution >= 4 is 17.3 Å². The van der Waals surface area contributed by atoms with Crippen molar-refractivity contribution < 1.29 is 0 Å². The number of fused-ring (bicyclic) bond motifs is 1. The summed E-state index contributed by atoms with van der Waals surface area (Å²) in [5.74, 6) is 0. The number of halogens is 1. The molecule has 2 aromatic rings. The van der Waals surface area contributed by atoms with E-state index in [1.165, 1.54) is 11.1 Å². The third-order valence-electron chi connectivity index (χ3n) is 4.29. The van der Waals surface area contributed by atoms with Gasteiger partial charge in [0.1, 0.15) is 0 Å². The molecule has 0 amide bonds. The van der Waals surface area contributed by atoms with Crippen LogP contribution in [0.2, 0.25) is 5.02 Å². The Morgan fingerprint density at radius 1 is 1.38 bits per heavy atom. The van der Waals surface area contributed by atoms with Gasteiger partial charge in [-0.3, -0.25) is 4.68 Å². The Hall–Kier alpha value is -1.48. The van der Waals surface area contributed by atoms with Crippen LogP contribution < -0.4 is 5.32 Å². The molecule has 0 spiro atoms. The van der Waals surface area contributed by atoms with Crippen molar-refractivity contribution in [1.82, 2.24) is 9.78 Å². The number of aromatic nitrogens is 2. The quantitative estimate of drug-likeness (QED) is 0.878. The molecule has 1 N–H and O–H groups in total. The minimum atomic E-state index is 0.160. The second kappa shape index (κ2) is 5.06. The summed E-state index contributed by atoms with van der Waals surface area (Å²) in [6.45, 7) is 8.85. The van der Waals surface area contributed by atoms with E-state index < -0.39 is 0 Å². The molecule has 0 saturated heterocycles. The van der Waals surface area contributed by atoms with E-state index in [9.17, 15) is 0 Å². The SMILES string of the molecule is CC(C)n1cc(NC2c3cc(Cl)ccc3CC2(C)C)cn1. The standard InChI is InChI=1S/C17H22ClN3/c1-11(2)21-10-14(9-19-21)20-16-15-7-13(18)6-5-12(15)8-17(16,3)4/h5-7,9-11,16,20H,8H2,1-4H3. The Bertz CT molecular complexity index is 658. The molecule has 0 aliphatic heterocycles. The summed E-state index contributed by atoms with van der Waals surface area (Å²) in [5.41, 5.74) is 3.92. The van der Waals surface area contributed by atoms with Gasteiger partial charge in [-0.15, -0.1) is 0 Å². The average Bonchev–Trinajstić information content (AvgIpc) is 2.95. The monoisotopic (exact) mass is 303 g/mol. The van der Waals surface area contributed by atoms with Crippen LogP contribution in [0.4, 0.5) is 5.69 Å². The zero-order chi connectivity index (χ0) is 15.2. The number of benzene rings is 1. The molecule has 21 heavy (non-hydrogen) atoms. The summed E-state index contributed by atoms with van der Waals surface area (Å²) in [6.07, 6.45) is 5.04. The third kappa shape index (κ3) is 2.67. The molecule has 3 nitrogen and oxygen atoms in total. The van der Waals surface area contributed by atoms with Gasteiger partial charge in [-0.1, -0.05) is 31.5 Å². The Kier molecular flexibility index (Phi) is 3.48. The van der Waals surface area contributed by atoms with Gasteiger partial charge in [0.2, 0.25) is 0 Å². The van der Waals surface area contributed by atoms with E-state index >= 15 is 0 Å². The maximum Gasteiger partial charge on any atom is 0.0731 e. The first kappa shape index (κ1) is 14.5. The summed E-state index contributed by atoms with van der Waals surface area (Å²) < 4.78 is 1.98. The number of hydrogen-bond acceptors (Lipinski definition) is 2. The molecule has 4 heteroatoms. The maximum atomic E-state index is 6.19. The molecule has 0 fully saturated rings. The number of nitrogens with zero attached hydrogens (tertiary/aromatic N) is 2. The number of anilines is 1. The first-order valence-electron chi connectivity index (χ1n) is 7.46. The van der Waals surface area contributed by atoms with Gasteiger partial charge >= 0.3 is 0 Å². The molecule has 1 heterocycles. The Morgan fingerprint density at radius 3 is 2.81 bits per heavy atom. The lowest BCUT2D eigenvalue weighted by atomic mass is 9.85. The largest absolute Gasteiger partial charge is 0.375 e. The molecule has 1 aliphatic carbocycles. The number of nitrogens with one attached hydrogen (secondary N) is 1. The smallest absolute Gasteiger partial charge is 0.0731 e. The van der Waals surface area contributed by atoms with Crippen LogP contribution in [0, 0.1) is 5.41 Å². The first-order chi connectivity index (χ1) is 9.87. The highest BCUT2D eigenvalue weighted by Gasteiger charge is 2.39. The highest BCUT2D eigenvalue weighted by atomic mass is 35.5. The number of rotatable bonds is 3. The molecule has 0 radical (unpaired) electrons. The van der Waals surface area contributed by atoms with Gasteiger partial charge < -0.3 is 5.32 Å². The topological polar surface area (TPSA) is 29.9 Å². The second-order valence-electron chi connectivity index (χ2n) is 6.89. The van der Waals surface area contributed by atoms with Crippen LogP contribution in [0.25, 0.3) is 0 Å². The van der Waals surface area contributed by atoms with Gasteiger partial charge in [0.15, 0.2) is 0 Å². The zero-order valence-corrected chi connectivity index (χ0v) is 13.8. The molecule has 1 aliphatic rings. The fourth-order valence-corrected chi connectivity index (χ4v) is 3.32. The van der Waals surface area contributed by atoms with Crippen LogP contribution in [0.15, 0.2) is 30.6 Å². The Morgan fingerprint density at radius 2 is 2.14 bits per heavy atom. The average molecular weight is 304 g/mol. The van der Waals surface area contributed by atoms with Gasteiger partial charge in [-0.25, -0.2) is 0 Å². The van der Waals surface area contributed by atoms with E-state index in [0.29, 0.717) is 6.04 Å². The van der Waals surface area contributed by atoms with Crippen LogP contribution in [0.1, 0.15) is 50.9 Å². The van der Waals surface area contributed by atoms with E-state index in [1.54, 1.807) is 0 Å². The number of hydrogen-bond donors (Lipinski definition) is 1. The molecule has 1 unspecified atom stereocenters. The molecule has 112 valence electrons. The highest BCUT2D eigenvalue weighted by Crippen LogP contribution is 2.47. The molecule has 1 atom stereocenters. The zero-order valence-electron chi connectivity index (χ0n) is 13.0. The lowest BCUT2D eigenvalue weighted by Gasteiger charge is -2.29. The minimum absolute atomic E-state index is 0.160. The molecule has 0 saturated carbocycles. The van der Waals surface area contributed by atoms with Crippen LogP contribution in [0.3, 0.4) is 0 Å². The molecule has 1 aromatic heterocycles. The first-order valence-corrected chi connectivity index (χ1v) is 7.83. The summed E-state index contributed by atoms with van der Waals surface area (Å²) in [6, 6.07) is 6.86. The fourth-order valence-electron chi connectivity index (χ4n) is 3.14. The van der Waals surface area contributed by atoms with Crippen molar-refractivity contribution in [2.45, 2.75) is 46.2 Å². The Balaban J connectivity index is 1.91. The van der Waals surface area contributed by atoms with E-state index in [-0.39, 0.29) is 11.5 Å². The second-order valence-corrected chi connectivity index (χ2v) is 7.33. The molecule has 3 rings (SSSR count). The van der Waals surface area contributed by atoms with Gasteiger partial charge in [-0.2, -0.15) is 5.10 Å². The van der Waals surface area contributed by atoms with Crippen LogP contribution in [-0.2, 0) is 6.42 Å². The third-order valence-corrected chi connectivity index (χ3v) is 4.52. The van der Waals surface area contributed by atoms with Crippen molar-refractivity contribution in [3.8, 4) is 0 Å². The summed E-state index contributed by atoms with van der Waals surface area (Å²) in [4.78, 5) is 0. The highest BCUT2D eigenvalue weighted by molar-refractivity contribution is 6.30. The summed E-state index contributed by atoms with van der Waals surface area (Å²) in [5, 5.41) is 8.86. The predicted octanol–water partition coefficient (Wildman–Crippen LogP) is 4.85. The van der Waals surface area contributed by atoms with Gasteiger partial charge in [0.05, 0.1) is 17.9 Å². The Labute approximate surface area is 131 Å². The molecule has 1 aromatic carbocycles. The van der Waals surface area contributed by atoms with Crippen molar-refractivity contribution in [2.75, 3.05) is 5.32 Å².